The highest BCUT2D eigenvalue weighted by molar-refractivity contribution is 5.83. The first-order chi connectivity index (χ1) is 9.09. The fraction of sp³-hybridized carbons (Fsp3) is 0.263. The molecule has 0 spiro atoms. The first-order valence-electron chi connectivity index (χ1n) is 6.93. The molecule has 96 valence electrons. The normalized spacial score (nSPS) is 16.8. The lowest BCUT2D eigenvalue weighted by Gasteiger charge is -2.16. The summed E-state index contributed by atoms with van der Waals surface area (Å²) in [6.45, 7) is 9.04. The van der Waals surface area contributed by atoms with Gasteiger partial charge in [-0.3, -0.25) is 0 Å². The maximum Gasteiger partial charge on any atom is 0.0264 e. The van der Waals surface area contributed by atoms with E-state index in [0.29, 0.717) is 5.92 Å². The Balaban J connectivity index is 2.16. The van der Waals surface area contributed by atoms with Crippen molar-refractivity contribution in [1.29, 1.82) is 0 Å². The van der Waals surface area contributed by atoms with Crippen LogP contribution in [0.3, 0.4) is 0 Å². The number of benzene rings is 2. The Morgan fingerprint density at radius 1 is 0.684 bits per heavy atom. The van der Waals surface area contributed by atoms with Gasteiger partial charge in [0.05, 0.1) is 0 Å². The predicted molar refractivity (Wildman–Crippen MR) is 83.4 cm³/mol. The van der Waals surface area contributed by atoms with Gasteiger partial charge in [0.25, 0.3) is 0 Å². The van der Waals surface area contributed by atoms with E-state index in [-0.39, 0.29) is 0 Å². The summed E-state index contributed by atoms with van der Waals surface area (Å²) in [4.78, 5) is 0. The number of hydrogen-bond donors (Lipinski definition) is 0. The maximum atomic E-state index is 2.35. The van der Waals surface area contributed by atoms with E-state index in [9.17, 15) is 0 Å². The summed E-state index contributed by atoms with van der Waals surface area (Å²) in [5, 5.41) is 2.66. The second-order valence-corrected chi connectivity index (χ2v) is 5.66. The molecule has 0 N–H and O–H groups in total. The molecule has 0 bridgehead atoms. The van der Waals surface area contributed by atoms with Crippen LogP contribution in [0.5, 0.6) is 0 Å². The van der Waals surface area contributed by atoms with E-state index in [2.05, 4.69) is 70.2 Å². The molecule has 0 heteroatoms. The highest BCUT2D eigenvalue weighted by Crippen LogP contribution is 2.43. The fourth-order valence-corrected chi connectivity index (χ4v) is 3.24. The van der Waals surface area contributed by atoms with Crippen molar-refractivity contribution in [2.75, 3.05) is 0 Å². The van der Waals surface area contributed by atoms with Crippen LogP contribution in [-0.4, -0.2) is 0 Å². The molecule has 19 heavy (non-hydrogen) atoms. The summed E-state index contributed by atoms with van der Waals surface area (Å²) in [5.74, 6) is 0.476. The van der Waals surface area contributed by atoms with Crippen molar-refractivity contribution in [1.82, 2.24) is 0 Å². The molecule has 2 aromatic carbocycles. The van der Waals surface area contributed by atoms with Crippen LogP contribution in [0, 0.1) is 0 Å². The van der Waals surface area contributed by atoms with Crippen molar-refractivity contribution in [3.63, 3.8) is 0 Å². The molecule has 0 radical (unpaired) electrons. The molecule has 0 aliphatic heterocycles. The molecule has 0 atom stereocenters. The lowest BCUT2D eigenvalue weighted by atomic mass is 9.88. The highest BCUT2D eigenvalue weighted by atomic mass is 14.3. The predicted octanol–water partition coefficient (Wildman–Crippen LogP) is 5.61. The third kappa shape index (κ3) is 1.83. The van der Waals surface area contributed by atoms with Crippen LogP contribution < -0.4 is 0 Å². The van der Waals surface area contributed by atoms with Crippen LogP contribution in [-0.2, 0) is 0 Å². The van der Waals surface area contributed by atoms with Crippen molar-refractivity contribution >= 4 is 10.8 Å². The van der Waals surface area contributed by atoms with Crippen molar-refractivity contribution in [3.8, 4) is 0 Å². The van der Waals surface area contributed by atoms with E-state index in [1.807, 2.05) is 0 Å². The maximum absolute atomic E-state index is 2.35. The molecule has 2 aromatic rings. The van der Waals surface area contributed by atoms with Gasteiger partial charge in [-0.05, 0) is 55.2 Å². The first kappa shape index (κ1) is 12.2. The van der Waals surface area contributed by atoms with Gasteiger partial charge in [0, 0.05) is 5.92 Å². The van der Waals surface area contributed by atoms with Crippen molar-refractivity contribution in [2.24, 2.45) is 0 Å². The van der Waals surface area contributed by atoms with Crippen LogP contribution in [0.25, 0.3) is 10.8 Å². The van der Waals surface area contributed by atoms with E-state index in [0.717, 1.165) is 0 Å². The molecule has 0 amide bonds. The average molecular weight is 248 g/mol. The lowest BCUT2D eigenvalue weighted by molar-refractivity contribution is 0.938. The smallest absolute Gasteiger partial charge is 0.0264 e. The quantitative estimate of drug-likeness (QED) is 0.615. The Labute approximate surface area is 115 Å². The standard InChI is InChI=1S/C19H20/c1-12-13(2)15(4)19(14(12)3)18-10-9-16-7-5-6-8-17(16)11-18/h5-11,19H,1-4H3. The van der Waals surface area contributed by atoms with Gasteiger partial charge in [0.2, 0.25) is 0 Å². The number of fused-ring (bicyclic) bond motifs is 1. The molecule has 0 unspecified atom stereocenters. The Morgan fingerprint density at radius 2 is 1.26 bits per heavy atom. The molecular weight excluding hydrogens is 228 g/mol. The van der Waals surface area contributed by atoms with E-state index in [1.165, 1.54) is 38.6 Å². The van der Waals surface area contributed by atoms with E-state index < -0.39 is 0 Å². The Hall–Kier alpha value is -1.82. The molecule has 1 aliphatic carbocycles. The number of hydrogen-bond acceptors (Lipinski definition) is 0. The van der Waals surface area contributed by atoms with Gasteiger partial charge in [0.1, 0.15) is 0 Å². The van der Waals surface area contributed by atoms with Gasteiger partial charge >= 0.3 is 0 Å². The molecule has 0 fully saturated rings. The summed E-state index contributed by atoms with van der Waals surface area (Å²) in [5.41, 5.74) is 7.37. The third-order valence-corrected chi connectivity index (χ3v) is 4.72. The van der Waals surface area contributed by atoms with Gasteiger partial charge in [-0.1, -0.05) is 53.6 Å². The molecule has 0 nitrogen and oxygen atoms in total. The fourth-order valence-electron chi connectivity index (χ4n) is 3.24. The topological polar surface area (TPSA) is 0 Å². The molecule has 1 aliphatic rings. The zero-order valence-corrected chi connectivity index (χ0v) is 12.1. The molecule has 0 saturated carbocycles. The third-order valence-electron chi connectivity index (χ3n) is 4.72. The summed E-state index contributed by atoms with van der Waals surface area (Å²) >= 11 is 0. The molecule has 0 heterocycles. The van der Waals surface area contributed by atoms with Crippen LogP contribution in [0.4, 0.5) is 0 Å². The van der Waals surface area contributed by atoms with E-state index in [1.54, 1.807) is 0 Å². The lowest BCUT2D eigenvalue weighted by Crippen LogP contribution is -1.99. The summed E-state index contributed by atoms with van der Waals surface area (Å²) in [7, 11) is 0. The van der Waals surface area contributed by atoms with Gasteiger partial charge in [0.15, 0.2) is 0 Å². The highest BCUT2D eigenvalue weighted by Gasteiger charge is 2.25. The summed E-state index contributed by atoms with van der Waals surface area (Å²) in [6.07, 6.45) is 0. The van der Waals surface area contributed by atoms with Crippen molar-refractivity contribution in [2.45, 2.75) is 33.6 Å². The number of rotatable bonds is 1. The number of allylic oxidation sites excluding steroid dienone is 4. The summed E-state index contributed by atoms with van der Waals surface area (Å²) < 4.78 is 0. The minimum Gasteiger partial charge on any atom is -0.0616 e. The Kier molecular flexibility index (Phi) is 2.82. The van der Waals surface area contributed by atoms with Crippen molar-refractivity contribution in [3.05, 3.63) is 70.3 Å². The second-order valence-electron chi connectivity index (χ2n) is 5.66. The van der Waals surface area contributed by atoms with Crippen LogP contribution in [0.1, 0.15) is 39.2 Å². The first-order valence-corrected chi connectivity index (χ1v) is 6.93. The van der Waals surface area contributed by atoms with Crippen LogP contribution in [0.2, 0.25) is 0 Å². The van der Waals surface area contributed by atoms with Gasteiger partial charge in [-0.25, -0.2) is 0 Å². The van der Waals surface area contributed by atoms with Gasteiger partial charge < -0.3 is 0 Å². The van der Waals surface area contributed by atoms with Crippen LogP contribution in [0.15, 0.2) is 64.8 Å². The molecular formula is C19H20. The SMILES string of the molecule is CC1=C(C)C(c2ccc3ccccc3c2)C(C)=C1C. The monoisotopic (exact) mass is 248 g/mol. The molecule has 3 rings (SSSR count). The van der Waals surface area contributed by atoms with E-state index >= 15 is 0 Å². The zero-order valence-electron chi connectivity index (χ0n) is 12.1. The Morgan fingerprint density at radius 3 is 1.89 bits per heavy atom. The van der Waals surface area contributed by atoms with Crippen molar-refractivity contribution < 1.29 is 0 Å². The zero-order chi connectivity index (χ0) is 13.6. The average Bonchev–Trinajstić information content (AvgIpc) is 2.63. The molecule has 0 aromatic heterocycles. The second kappa shape index (κ2) is 4.38. The summed E-state index contributed by atoms with van der Waals surface area (Å²) in [6, 6.07) is 15.5. The van der Waals surface area contributed by atoms with Crippen LogP contribution >= 0.6 is 0 Å². The minimum atomic E-state index is 0.476. The van der Waals surface area contributed by atoms with E-state index in [4.69, 9.17) is 0 Å². The minimum absolute atomic E-state index is 0.476. The molecule has 0 saturated heterocycles. The largest absolute Gasteiger partial charge is 0.0616 e. The van der Waals surface area contributed by atoms with Gasteiger partial charge in [-0.2, -0.15) is 0 Å². The Bertz CT molecular complexity index is 690. The van der Waals surface area contributed by atoms with Gasteiger partial charge in [-0.15, -0.1) is 0 Å².